The third-order valence-corrected chi connectivity index (χ3v) is 8.49. The van der Waals surface area contributed by atoms with Gasteiger partial charge < -0.3 is 0 Å². The highest BCUT2D eigenvalue weighted by atomic mass is 14.2. The van der Waals surface area contributed by atoms with Crippen LogP contribution < -0.4 is 0 Å². The van der Waals surface area contributed by atoms with Gasteiger partial charge in [-0.05, 0) is 76.8 Å². The van der Waals surface area contributed by atoms with Gasteiger partial charge in [0, 0.05) is 0 Å². The SMILES string of the molecule is c1ccc(-c2ccc(-c3c4ccccc4c(-c4ccc(-c5ccccc5)c5ccccc45)c4ccccc34)cc2)cc1. The molecule has 196 valence electrons. The molecule has 0 aliphatic heterocycles. The van der Waals surface area contributed by atoms with Crippen LogP contribution in [0.4, 0.5) is 0 Å². The zero-order valence-corrected chi connectivity index (χ0v) is 23.2. The molecule has 0 amide bonds. The molecule has 0 radical (unpaired) electrons. The minimum atomic E-state index is 1.23. The first-order valence-electron chi connectivity index (χ1n) is 14.5. The van der Waals surface area contributed by atoms with Crippen molar-refractivity contribution in [3.63, 3.8) is 0 Å². The summed E-state index contributed by atoms with van der Waals surface area (Å²) in [4.78, 5) is 0. The quantitative estimate of drug-likeness (QED) is 0.198. The fourth-order valence-electron chi connectivity index (χ4n) is 6.58. The van der Waals surface area contributed by atoms with Crippen LogP contribution in [0, 0.1) is 0 Å². The highest BCUT2D eigenvalue weighted by molar-refractivity contribution is 6.24. The van der Waals surface area contributed by atoms with Crippen molar-refractivity contribution in [2.24, 2.45) is 0 Å². The van der Waals surface area contributed by atoms with Gasteiger partial charge in [0.05, 0.1) is 0 Å². The number of hydrogen-bond donors (Lipinski definition) is 0. The second-order valence-corrected chi connectivity index (χ2v) is 10.9. The van der Waals surface area contributed by atoms with Gasteiger partial charge in [0.25, 0.3) is 0 Å². The Morgan fingerprint density at radius 3 is 1.10 bits per heavy atom. The Bertz CT molecular complexity index is 2150. The summed E-state index contributed by atoms with van der Waals surface area (Å²) in [6, 6.07) is 61.6. The smallest absolute Gasteiger partial charge is 0.00201 e. The molecule has 0 atom stereocenters. The molecule has 0 bridgehead atoms. The molecule has 0 aliphatic rings. The molecular formula is C42H28. The van der Waals surface area contributed by atoms with E-state index in [4.69, 9.17) is 0 Å². The summed E-state index contributed by atoms with van der Waals surface area (Å²) in [6.07, 6.45) is 0. The molecule has 0 saturated carbocycles. The summed E-state index contributed by atoms with van der Waals surface area (Å²) in [6.45, 7) is 0. The van der Waals surface area contributed by atoms with E-state index in [0.29, 0.717) is 0 Å². The lowest BCUT2D eigenvalue weighted by Crippen LogP contribution is -1.92. The van der Waals surface area contributed by atoms with Crippen LogP contribution in [0.5, 0.6) is 0 Å². The van der Waals surface area contributed by atoms with Crippen molar-refractivity contribution in [2.75, 3.05) is 0 Å². The van der Waals surface area contributed by atoms with Gasteiger partial charge in [0.2, 0.25) is 0 Å². The average molecular weight is 533 g/mol. The van der Waals surface area contributed by atoms with Crippen molar-refractivity contribution in [1.82, 2.24) is 0 Å². The Balaban J connectivity index is 1.40. The molecule has 8 aromatic rings. The first kappa shape index (κ1) is 24.3. The van der Waals surface area contributed by atoms with Gasteiger partial charge >= 0.3 is 0 Å². The predicted molar refractivity (Wildman–Crippen MR) is 181 cm³/mol. The Labute approximate surface area is 246 Å². The van der Waals surface area contributed by atoms with E-state index in [9.17, 15) is 0 Å². The van der Waals surface area contributed by atoms with Gasteiger partial charge in [-0.2, -0.15) is 0 Å². The van der Waals surface area contributed by atoms with Crippen molar-refractivity contribution >= 4 is 32.3 Å². The van der Waals surface area contributed by atoms with Crippen molar-refractivity contribution in [1.29, 1.82) is 0 Å². The second kappa shape index (κ2) is 10.2. The first-order chi connectivity index (χ1) is 20.9. The molecule has 8 aromatic carbocycles. The van der Waals surface area contributed by atoms with Gasteiger partial charge in [-0.3, -0.25) is 0 Å². The fourth-order valence-corrected chi connectivity index (χ4v) is 6.58. The van der Waals surface area contributed by atoms with E-state index in [1.54, 1.807) is 0 Å². The van der Waals surface area contributed by atoms with Gasteiger partial charge in [-0.15, -0.1) is 0 Å². The Hall–Kier alpha value is -5.46. The number of fused-ring (bicyclic) bond motifs is 3. The van der Waals surface area contributed by atoms with E-state index < -0.39 is 0 Å². The van der Waals surface area contributed by atoms with Crippen LogP contribution in [-0.4, -0.2) is 0 Å². The third-order valence-electron chi connectivity index (χ3n) is 8.49. The highest BCUT2D eigenvalue weighted by Gasteiger charge is 2.18. The Morgan fingerprint density at radius 1 is 0.190 bits per heavy atom. The summed E-state index contributed by atoms with van der Waals surface area (Å²) in [5.41, 5.74) is 10.1. The average Bonchev–Trinajstić information content (AvgIpc) is 3.08. The largest absolute Gasteiger partial charge is 0.0622 e. The first-order valence-corrected chi connectivity index (χ1v) is 14.5. The lowest BCUT2D eigenvalue weighted by atomic mass is 9.83. The molecule has 42 heavy (non-hydrogen) atoms. The summed E-state index contributed by atoms with van der Waals surface area (Å²) < 4.78 is 0. The summed E-state index contributed by atoms with van der Waals surface area (Å²) in [5.74, 6) is 0. The molecule has 8 rings (SSSR count). The predicted octanol–water partition coefficient (Wildman–Crippen LogP) is 11.8. The number of benzene rings is 8. The monoisotopic (exact) mass is 532 g/mol. The standard InChI is InChI=1S/C42H28/c1-3-13-29(14-4-1)30-23-25-32(26-24-30)41-36-19-9-11-21-38(36)42(39-22-12-10-20-37(39)41)40-28-27-33(31-15-5-2-6-16-31)34-17-7-8-18-35(34)40/h1-28H. The zero-order chi connectivity index (χ0) is 27.9. The molecule has 0 aliphatic carbocycles. The van der Waals surface area contributed by atoms with E-state index in [2.05, 4.69) is 170 Å². The molecule has 0 heterocycles. The molecule has 0 saturated heterocycles. The molecular weight excluding hydrogens is 504 g/mol. The minimum Gasteiger partial charge on any atom is -0.0622 e. The number of rotatable bonds is 4. The van der Waals surface area contributed by atoms with Crippen LogP contribution in [0.15, 0.2) is 170 Å². The maximum absolute atomic E-state index is 2.33. The molecule has 0 aromatic heterocycles. The van der Waals surface area contributed by atoms with Crippen molar-refractivity contribution in [3.8, 4) is 44.5 Å². The molecule has 0 unspecified atom stereocenters. The van der Waals surface area contributed by atoms with Crippen molar-refractivity contribution < 1.29 is 0 Å². The van der Waals surface area contributed by atoms with Crippen molar-refractivity contribution in [2.45, 2.75) is 0 Å². The zero-order valence-electron chi connectivity index (χ0n) is 23.2. The van der Waals surface area contributed by atoms with Gasteiger partial charge in [0.15, 0.2) is 0 Å². The highest BCUT2D eigenvalue weighted by Crippen LogP contribution is 2.46. The normalized spacial score (nSPS) is 11.3. The third kappa shape index (κ3) is 4.00. The molecule has 0 nitrogen and oxygen atoms in total. The van der Waals surface area contributed by atoms with Gasteiger partial charge in [0.1, 0.15) is 0 Å². The van der Waals surface area contributed by atoms with Crippen LogP contribution in [0.25, 0.3) is 76.8 Å². The lowest BCUT2D eigenvalue weighted by molar-refractivity contribution is 1.61. The summed E-state index contributed by atoms with van der Waals surface area (Å²) >= 11 is 0. The van der Waals surface area contributed by atoms with Gasteiger partial charge in [-0.1, -0.05) is 170 Å². The summed E-state index contributed by atoms with van der Waals surface area (Å²) in [7, 11) is 0. The number of hydrogen-bond acceptors (Lipinski definition) is 0. The fraction of sp³-hybridized carbons (Fsp3) is 0. The molecule has 0 heteroatoms. The topological polar surface area (TPSA) is 0 Å². The molecule has 0 N–H and O–H groups in total. The van der Waals surface area contributed by atoms with Crippen LogP contribution >= 0.6 is 0 Å². The Kier molecular flexibility index (Phi) is 5.90. The maximum atomic E-state index is 2.33. The molecule has 0 spiro atoms. The lowest BCUT2D eigenvalue weighted by Gasteiger charge is -2.20. The minimum absolute atomic E-state index is 1.23. The van der Waals surface area contributed by atoms with E-state index in [1.165, 1.54) is 76.8 Å². The van der Waals surface area contributed by atoms with E-state index in [1.807, 2.05) is 0 Å². The van der Waals surface area contributed by atoms with Crippen molar-refractivity contribution in [3.05, 3.63) is 170 Å². The van der Waals surface area contributed by atoms with Crippen LogP contribution in [-0.2, 0) is 0 Å². The van der Waals surface area contributed by atoms with E-state index in [-0.39, 0.29) is 0 Å². The van der Waals surface area contributed by atoms with Crippen LogP contribution in [0.2, 0.25) is 0 Å². The molecule has 0 fully saturated rings. The van der Waals surface area contributed by atoms with Crippen LogP contribution in [0.3, 0.4) is 0 Å². The van der Waals surface area contributed by atoms with Crippen LogP contribution in [0.1, 0.15) is 0 Å². The summed E-state index contributed by atoms with van der Waals surface area (Å²) in [5, 5.41) is 7.64. The van der Waals surface area contributed by atoms with Gasteiger partial charge in [-0.25, -0.2) is 0 Å². The second-order valence-electron chi connectivity index (χ2n) is 10.9. The maximum Gasteiger partial charge on any atom is -0.00201 e. The van der Waals surface area contributed by atoms with E-state index in [0.717, 1.165) is 0 Å². The van der Waals surface area contributed by atoms with E-state index >= 15 is 0 Å². The Morgan fingerprint density at radius 2 is 0.548 bits per heavy atom.